The zero-order chi connectivity index (χ0) is 28.0. The fourth-order valence-electron chi connectivity index (χ4n) is 3.87. The number of nitro benzene ring substituents is 1. The van der Waals surface area contributed by atoms with E-state index in [9.17, 15) is 32.9 Å². The number of carbonyl (C=O) groups excluding carboxylic acids is 2. The van der Waals surface area contributed by atoms with Crippen molar-refractivity contribution in [3.05, 3.63) is 88.0 Å². The first-order valence-electron chi connectivity index (χ1n) is 11.8. The van der Waals surface area contributed by atoms with Crippen LogP contribution in [0.2, 0.25) is 0 Å². The Labute approximate surface area is 220 Å². The molecule has 3 aromatic carbocycles. The molecule has 10 nitrogen and oxygen atoms in total. The van der Waals surface area contributed by atoms with Gasteiger partial charge >= 0.3 is 18.0 Å². The van der Waals surface area contributed by atoms with Gasteiger partial charge in [0.15, 0.2) is 0 Å². The highest BCUT2D eigenvalue weighted by molar-refractivity contribution is 6.35. The van der Waals surface area contributed by atoms with Gasteiger partial charge in [0.1, 0.15) is 29.8 Å². The molecular formula is C26H23F3N4O6. The van der Waals surface area contributed by atoms with Crippen LogP contribution in [-0.2, 0) is 22.2 Å². The predicted octanol–water partition coefficient (Wildman–Crippen LogP) is 3.97. The molecule has 0 aromatic heterocycles. The molecule has 0 bridgehead atoms. The number of alkyl halides is 3. The minimum Gasteiger partial charge on any atom is -0.492 e. The molecule has 0 fully saturated rings. The summed E-state index contributed by atoms with van der Waals surface area (Å²) in [5.74, 6) is -0.416. The quantitative estimate of drug-likeness (QED) is 0.161. The lowest BCUT2D eigenvalue weighted by atomic mass is 10.1. The van der Waals surface area contributed by atoms with Crippen molar-refractivity contribution in [2.24, 2.45) is 0 Å². The van der Waals surface area contributed by atoms with Gasteiger partial charge in [-0.25, -0.2) is 0 Å². The van der Waals surface area contributed by atoms with Crippen molar-refractivity contribution in [1.82, 2.24) is 10.6 Å². The summed E-state index contributed by atoms with van der Waals surface area (Å²) in [6.45, 7) is 0.306. The van der Waals surface area contributed by atoms with Gasteiger partial charge in [-0.05, 0) is 48.0 Å². The predicted molar refractivity (Wildman–Crippen MR) is 134 cm³/mol. The normalized spacial score (nSPS) is 14.1. The van der Waals surface area contributed by atoms with E-state index in [0.717, 1.165) is 17.4 Å². The van der Waals surface area contributed by atoms with E-state index >= 15 is 0 Å². The fraction of sp³-hybridized carbons (Fsp3) is 0.231. The maximum atomic E-state index is 13.2. The fourth-order valence-corrected chi connectivity index (χ4v) is 3.87. The molecule has 3 aromatic rings. The first-order valence-corrected chi connectivity index (χ1v) is 11.8. The summed E-state index contributed by atoms with van der Waals surface area (Å²) in [4.78, 5) is 33.8. The average molecular weight is 544 g/mol. The maximum absolute atomic E-state index is 13.2. The van der Waals surface area contributed by atoms with Crippen molar-refractivity contribution >= 4 is 28.9 Å². The van der Waals surface area contributed by atoms with Crippen molar-refractivity contribution < 1.29 is 37.2 Å². The van der Waals surface area contributed by atoms with Crippen molar-refractivity contribution in [3.8, 4) is 11.5 Å². The van der Waals surface area contributed by atoms with Gasteiger partial charge in [0.2, 0.25) is 0 Å². The SMILES string of the molecule is O=C(NCCOc1ccc(Nc2ccc([N+](=O)[O-])c(C(F)(F)F)c2)cc1)C(=O)NCC1Cc2ccccc2O1. The van der Waals surface area contributed by atoms with Crippen molar-refractivity contribution in [2.45, 2.75) is 18.7 Å². The second-order valence-electron chi connectivity index (χ2n) is 8.50. The second kappa shape index (κ2) is 11.7. The lowest BCUT2D eigenvalue weighted by Gasteiger charge is -2.13. The van der Waals surface area contributed by atoms with Crippen LogP contribution in [0.3, 0.4) is 0 Å². The summed E-state index contributed by atoms with van der Waals surface area (Å²) >= 11 is 0. The highest BCUT2D eigenvalue weighted by Crippen LogP contribution is 2.38. The molecule has 0 aliphatic carbocycles. The highest BCUT2D eigenvalue weighted by Gasteiger charge is 2.38. The van der Waals surface area contributed by atoms with E-state index in [1.807, 2.05) is 24.3 Å². The van der Waals surface area contributed by atoms with Crippen LogP contribution >= 0.6 is 0 Å². The number of rotatable bonds is 9. The first-order chi connectivity index (χ1) is 18.6. The first kappa shape index (κ1) is 27.2. The summed E-state index contributed by atoms with van der Waals surface area (Å²) in [7, 11) is 0. The number of anilines is 2. The molecule has 4 rings (SSSR count). The monoisotopic (exact) mass is 544 g/mol. The van der Waals surface area contributed by atoms with Gasteiger partial charge in [-0.15, -0.1) is 0 Å². The van der Waals surface area contributed by atoms with Gasteiger partial charge in [0.25, 0.3) is 5.69 Å². The largest absolute Gasteiger partial charge is 0.492 e. The summed E-state index contributed by atoms with van der Waals surface area (Å²) in [5, 5.41) is 18.6. The van der Waals surface area contributed by atoms with Gasteiger partial charge in [-0.3, -0.25) is 19.7 Å². The van der Waals surface area contributed by atoms with E-state index < -0.39 is 34.2 Å². The van der Waals surface area contributed by atoms with Crippen LogP contribution in [0.1, 0.15) is 11.1 Å². The van der Waals surface area contributed by atoms with Crippen LogP contribution in [0.25, 0.3) is 0 Å². The van der Waals surface area contributed by atoms with E-state index in [1.165, 1.54) is 6.07 Å². The molecule has 1 heterocycles. The zero-order valence-electron chi connectivity index (χ0n) is 20.3. The maximum Gasteiger partial charge on any atom is 0.423 e. The standard InChI is InChI=1S/C26H23F3N4O6/c27-26(28,29)21-14-18(7-10-22(21)33(36)37)32-17-5-8-19(9-6-17)38-12-11-30-24(34)25(35)31-15-20-13-16-3-1-2-4-23(16)39-20/h1-10,14,20,32H,11-13,15H2,(H,30,34)(H,31,35). The number of amides is 2. The highest BCUT2D eigenvalue weighted by atomic mass is 19.4. The van der Waals surface area contributed by atoms with Crippen LogP contribution in [0.5, 0.6) is 11.5 Å². The second-order valence-corrected chi connectivity index (χ2v) is 8.50. The Morgan fingerprint density at radius 1 is 1.00 bits per heavy atom. The lowest BCUT2D eigenvalue weighted by Crippen LogP contribution is -2.44. The van der Waals surface area contributed by atoms with Crippen molar-refractivity contribution in [2.75, 3.05) is 25.0 Å². The Morgan fingerprint density at radius 3 is 2.38 bits per heavy atom. The van der Waals surface area contributed by atoms with E-state index in [1.54, 1.807) is 24.3 Å². The number of nitro groups is 1. The molecule has 1 atom stereocenters. The number of fused-ring (bicyclic) bond motifs is 1. The number of carbonyl (C=O) groups is 2. The Kier molecular flexibility index (Phi) is 8.18. The zero-order valence-corrected chi connectivity index (χ0v) is 20.3. The molecule has 1 aliphatic rings. The Hall–Kier alpha value is -4.81. The molecule has 1 unspecified atom stereocenters. The molecule has 0 spiro atoms. The molecule has 0 saturated heterocycles. The number of halogens is 3. The number of ether oxygens (including phenoxy) is 2. The van der Waals surface area contributed by atoms with Crippen LogP contribution in [0.15, 0.2) is 66.7 Å². The summed E-state index contributed by atoms with van der Waals surface area (Å²) in [6.07, 6.45) is -4.49. The number of para-hydroxylation sites is 1. The summed E-state index contributed by atoms with van der Waals surface area (Å²) in [6, 6.07) is 16.4. The molecule has 204 valence electrons. The smallest absolute Gasteiger partial charge is 0.423 e. The molecule has 0 saturated carbocycles. The van der Waals surface area contributed by atoms with E-state index in [4.69, 9.17) is 9.47 Å². The lowest BCUT2D eigenvalue weighted by molar-refractivity contribution is -0.388. The third-order valence-electron chi connectivity index (χ3n) is 5.71. The Balaban J connectivity index is 1.18. The number of nitrogens with zero attached hydrogens (tertiary/aromatic N) is 1. The molecule has 1 aliphatic heterocycles. The van der Waals surface area contributed by atoms with Crippen molar-refractivity contribution in [3.63, 3.8) is 0 Å². The van der Waals surface area contributed by atoms with Crippen LogP contribution in [0.4, 0.5) is 30.2 Å². The molecule has 2 amide bonds. The molecular weight excluding hydrogens is 521 g/mol. The molecule has 3 N–H and O–H groups in total. The van der Waals surface area contributed by atoms with Gasteiger partial charge in [-0.2, -0.15) is 13.2 Å². The Morgan fingerprint density at radius 2 is 1.69 bits per heavy atom. The third kappa shape index (κ3) is 7.15. The van der Waals surface area contributed by atoms with Crippen LogP contribution in [-0.4, -0.2) is 42.5 Å². The van der Waals surface area contributed by atoms with E-state index in [0.29, 0.717) is 23.9 Å². The van der Waals surface area contributed by atoms with Crippen molar-refractivity contribution in [1.29, 1.82) is 0 Å². The topological polar surface area (TPSA) is 132 Å². The minimum absolute atomic E-state index is 0.0200. The van der Waals surface area contributed by atoms with Crippen LogP contribution in [0, 0.1) is 10.1 Å². The third-order valence-corrected chi connectivity index (χ3v) is 5.71. The molecule has 13 heteroatoms. The van der Waals surface area contributed by atoms with E-state index in [-0.39, 0.29) is 31.5 Å². The number of hydrogen-bond acceptors (Lipinski definition) is 7. The summed E-state index contributed by atoms with van der Waals surface area (Å²) in [5.41, 5.74) is -0.903. The number of benzene rings is 3. The van der Waals surface area contributed by atoms with Crippen LogP contribution < -0.4 is 25.4 Å². The number of hydrogen-bond donors (Lipinski definition) is 3. The average Bonchev–Trinajstić information content (AvgIpc) is 3.33. The van der Waals surface area contributed by atoms with Gasteiger partial charge in [0, 0.05) is 23.9 Å². The minimum atomic E-state index is -4.88. The molecule has 0 radical (unpaired) electrons. The van der Waals surface area contributed by atoms with E-state index in [2.05, 4.69) is 16.0 Å². The van der Waals surface area contributed by atoms with Gasteiger partial charge < -0.3 is 25.4 Å². The Bertz CT molecular complexity index is 1340. The molecule has 39 heavy (non-hydrogen) atoms. The van der Waals surface area contributed by atoms with Gasteiger partial charge in [0.05, 0.1) is 18.0 Å². The van der Waals surface area contributed by atoms with Gasteiger partial charge in [-0.1, -0.05) is 18.2 Å². The summed E-state index contributed by atoms with van der Waals surface area (Å²) < 4.78 is 50.7. The number of nitrogens with one attached hydrogen (secondary N) is 3.